The normalized spacial score (nSPS) is 10.9. The number of pyridine rings is 1. The SMILES string of the molecule is Cc1c(C(=O)O)nnn1-c1ccnc2cc(Cl)ccc12. The molecule has 0 unspecified atom stereocenters. The Hall–Kier alpha value is -2.47. The lowest BCUT2D eigenvalue weighted by molar-refractivity contribution is 0.0689. The summed E-state index contributed by atoms with van der Waals surface area (Å²) >= 11 is 5.94. The van der Waals surface area contributed by atoms with Crippen molar-refractivity contribution in [3.63, 3.8) is 0 Å². The molecule has 20 heavy (non-hydrogen) atoms. The van der Waals surface area contributed by atoms with Crippen LogP contribution in [-0.2, 0) is 0 Å². The molecule has 0 aliphatic heterocycles. The molecule has 0 aliphatic carbocycles. The van der Waals surface area contributed by atoms with Gasteiger partial charge in [0.15, 0.2) is 5.69 Å². The lowest BCUT2D eigenvalue weighted by Gasteiger charge is -2.07. The maximum Gasteiger partial charge on any atom is 0.358 e. The first kappa shape index (κ1) is 12.6. The third-order valence-electron chi connectivity index (χ3n) is 3.01. The number of hydrogen-bond acceptors (Lipinski definition) is 4. The Bertz CT molecular complexity index is 828. The van der Waals surface area contributed by atoms with Crippen molar-refractivity contribution in [1.29, 1.82) is 0 Å². The molecular weight excluding hydrogens is 280 g/mol. The number of carboxylic acid groups (broad SMARTS) is 1. The fourth-order valence-corrected chi connectivity index (χ4v) is 2.21. The van der Waals surface area contributed by atoms with Crippen molar-refractivity contribution in [3.8, 4) is 5.69 Å². The monoisotopic (exact) mass is 288 g/mol. The Morgan fingerprint density at radius 1 is 1.35 bits per heavy atom. The number of aromatic carboxylic acids is 1. The van der Waals surface area contributed by atoms with Gasteiger partial charge in [-0.15, -0.1) is 5.10 Å². The predicted molar refractivity (Wildman–Crippen MR) is 73.4 cm³/mol. The van der Waals surface area contributed by atoms with Crippen molar-refractivity contribution in [2.75, 3.05) is 0 Å². The molecule has 0 atom stereocenters. The number of aromatic nitrogens is 4. The van der Waals surface area contributed by atoms with Crippen LogP contribution >= 0.6 is 11.6 Å². The lowest BCUT2D eigenvalue weighted by atomic mass is 10.2. The van der Waals surface area contributed by atoms with E-state index in [1.54, 1.807) is 31.3 Å². The fraction of sp³-hybridized carbons (Fsp3) is 0.0769. The van der Waals surface area contributed by atoms with E-state index in [-0.39, 0.29) is 5.69 Å². The third-order valence-corrected chi connectivity index (χ3v) is 3.24. The van der Waals surface area contributed by atoms with Gasteiger partial charge in [-0.1, -0.05) is 16.8 Å². The fourth-order valence-electron chi connectivity index (χ4n) is 2.05. The molecule has 0 fully saturated rings. The minimum Gasteiger partial charge on any atom is -0.476 e. The van der Waals surface area contributed by atoms with Gasteiger partial charge >= 0.3 is 5.97 Å². The molecular formula is C13H9ClN4O2. The Morgan fingerprint density at radius 3 is 2.85 bits per heavy atom. The van der Waals surface area contributed by atoms with Crippen LogP contribution in [0.2, 0.25) is 5.02 Å². The molecule has 3 aromatic rings. The summed E-state index contributed by atoms with van der Waals surface area (Å²) in [6.07, 6.45) is 1.62. The number of carbonyl (C=O) groups is 1. The van der Waals surface area contributed by atoms with E-state index in [4.69, 9.17) is 16.7 Å². The molecule has 2 aromatic heterocycles. The van der Waals surface area contributed by atoms with Crippen LogP contribution in [-0.4, -0.2) is 31.1 Å². The van der Waals surface area contributed by atoms with E-state index < -0.39 is 5.97 Å². The second kappa shape index (κ2) is 4.57. The van der Waals surface area contributed by atoms with E-state index in [1.807, 2.05) is 6.07 Å². The molecule has 0 amide bonds. The Morgan fingerprint density at radius 2 is 2.15 bits per heavy atom. The molecule has 100 valence electrons. The minimum atomic E-state index is -1.10. The quantitative estimate of drug-likeness (QED) is 0.783. The van der Waals surface area contributed by atoms with Gasteiger partial charge in [0.05, 0.1) is 16.9 Å². The summed E-state index contributed by atoms with van der Waals surface area (Å²) in [4.78, 5) is 15.3. The number of hydrogen-bond donors (Lipinski definition) is 1. The summed E-state index contributed by atoms with van der Waals surface area (Å²) in [7, 11) is 0. The van der Waals surface area contributed by atoms with Crippen LogP contribution in [0.25, 0.3) is 16.6 Å². The summed E-state index contributed by atoms with van der Waals surface area (Å²) in [5.74, 6) is -1.10. The van der Waals surface area contributed by atoms with Crippen LogP contribution in [0.4, 0.5) is 0 Å². The molecule has 0 saturated carbocycles. The van der Waals surface area contributed by atoms with Crippen LogP contribution in [0.15, 0.2) is 30.5 Å². The van der Waals surface area contributed by atoms with Crippen LogP contribution in [0, 0.1) is 6.92 Å². The smallest absolute Gasteiger partial charge is 0.358 e. The molecule has 0 spiro atoms. The molecule has 0 radical (unpaired) electrons. The molecule has 7 heteroatoms. The molecule has 2 heterocycles. The zero-order valence-electron chi connectivity index (χ0n) is 10.4. The first-order valence-corrected chi connectivity index (χ1v) is 6.16. The maximum atomic E-state index is 11.0. The van der Waals surface area contributed by atoms with Gasteiger partial charge in [-0.3, -0.25) is 4.98 Å². The number of nitrogens with zero attached hydrogens (tertiary/aromatic N) is 4. The first-order valence-electron chi connectivity index (χ1n) is 5.78. The van der Waals surface area contributed by atoms with Crippen molar-refractivity contribution < 1.29 is 9.90 Å². The van der Waals surface area contributed by atoms with Crippen LogP contribution in [0.3, 0.4) is 0 Å². The molecule has 0 aliphatic rings. The largest absolute Gasteiger partial charge is 0.476 e. The Kier molecular flexibility index (Phi) is 2.87. The van der Waals surface area contributed by atoms with Gasteiger partial charge in [-0.2, -0.15) is 0 Å². The van der Waals surface area contributed by atoms with E-state index in [2.05, 4.69) is 15.3 Å². The second-order valence-electron chi connectivity index (χ2n) is 4.23. The summed E-state index contributed by atoms with van der Waals surface area (Å²) in [5, 5.41) is 18.0. The van der Waals surface area contributed by atoms with Gasteiger partial charge in [-0.25, -0.2) is 9.48 Å². The number of benzene rings is 1. The van der Waals surface area contributed by atoms with Crippen LogP contribution in [0.1, 0.15) is 16.2 Å². The number of fused-ring (bicyclic) bond motifs is 1. The summed E-state index contributed by atoms with van der Waals surface area (Å²) < 4.78 is 1.49. The van der Waals surface area contributed by atoms with Crippen molar-refractivity contribution in [2.45, 2.75) is 6.92 Å². The van der Waals surface area contributed by atoms with E-state index in [0.29, 0.717) is 21.9 Å². The van der Waals surface area contributed by atoms with Gasteiger partial charge in [0.2, 0.25) is 0 Å². The number of halogens is 1. The van der Waals surface area contributed by atoms with E-state index >= 15 is 0 Å². The summed E-state index contributed by atoms with van der Waals surface area (Å²) in [6, 6.07) is 7.06. The molecule has 1 aromatic carbocycles. The van der Waals surface area contributed by atoms with Gasteiger partial charge in [0.1, 0.15) is 0 Å². The maximum absolute atomic E-state index is 11.0. The molecule has 1 N–H and O–H groups in total. The summed E-state index contributed by atoms with van der Waals surface area (Å²) in [6.45, 7) is 1.66. The highest BCUT2D eigenvalue weighted by molar-refractivity contribution is 6.31. The van der Waals surface area contributed by atoms with Gasteiger partial charge in [0.25, 0.3) is 0 Å². The zero-order chi connectivity index (χ0) is 14.3. The highest BCUT2D eigenvalue weighted by Gasteiger charge is 2.17. The molecule has 3 rings (SSSR count). The van der Waals surface area contributed by atoms with Crippen LogP contribution < -0.4 is 0 Å². The first-order chi connectivity index (χ1) is 9.58. The lowest BCUT2D eigenvalue weighted by Crippen LogP contribution is -2.03. The second-order valence-corrected chi connectivity index (χ2v) is 4.67. The Labute approximate surface area is 118 Å². The molecule has 6 nitrogen and oxygen atoms in total. The van der Waals surface area contributed by atoms with Gasteiger partial charge in [-0.05, 0) is 31.2 Å². The van der Waals surface area contributed by atoms with E-state index in [9.17, 15) is 4.79 Å². The third kappa shape index (κ3) is 1.90. The predicted octanol–water partition coefficient (Wildman–Crippen LogP) is 2.48. The zero-order valence-corrected chi connectivity index (χ0v) is 11.2. The average molecular weight is 289 g/mol. The van der Waals surface area contributed by atoms with Gasteiger partial charge < -0.3 is 5.11 Å². The highest BCUT2D eigenvalue weighted by atomic mass is 35.5. The standard InChI is InChI=1S/C13H9ClN4O2/c1-7-12(13(19)20)16-17-18(7)11-4-5-15-10-6-8(14)2-3-9(10)11/h2-6H,1H3,(H,19,20). The van der Waals surface area contributed by atoms with E-state index in [1.165, 1.54) is 4.68 Å². The van der Waals surface area contributed by atoms with E-state index in [0.717, 1.165) is 5.39 Å². The van der Waals surface area contributed by atoms with Gasteiger partial charge in [0, 0.05) is 16.6 Å². The number of rotatable bonds is 2. The highest BCUT2D eigenvalue weighted by Crippen LogP contribution is 2.24. The van der Waals surface area contributed by atoms with Crippen LogP contribution in [0.5, 0.6) is 0 Å². The molecule has 0 saturated heterocycles. The number of carboxylic acids is 1. The average Bonchev–Trinajstić information content (AvgIpc) is 2.79. The topological polar surface area (TPSA) is 80.9 Å². The van der Waals surface area contributed by atoms with Crippen molar-refractivity contribution in [3.05, 3.63) is 46.9 Å². The Balaban J connectivity index is 2.27. The van der Waals surface area contributed by atoms with Crippen molar-refractivity contribution in [2.24, 2.45) is 0 Å². The molecule has 0 bridgehead atoms. The summed E-state index contributed by atoms with van der Waals surface area (Å²) in [5.41, 5.74) is 1.81. The minimum absolute atomic E-state index is 0.0658. The van der Waals surface area contributed by atoms with Crippen molar-refractivity contribution in [1.82, 2.24) is 20.0 Å². The van der Waals surface area contributed by atoms with Crippen molar-refractivity contribution >= 4 is 28.5 Å².